The topological polar surface area (TPSA) is 63.4 Å². The summed E-state index contributed by atoms with van der Waals surface area (Å²) < 4.78 is 26.8. The Morgan fingerprint density at radius 3 is 2.63 bits per heavy atom. The summed E-state index contributed by atoms with van der Waals surface area (Å²) in [5.41, 5.74) is 6.06. The van der Waals surface area contributed by atoms with Crippen LogP contribution in [0.4, 0.5) is 5.69 Å². The maximum Gasteiger partial charge on any atom is 0.244 e. The zero-order chi connectivity index (χ0) is 14.2. The second-order valence-electron chi connectivity index (χ2n) is 4.89. The number of nitrogen functional groups attached to an aromatic ring is 1. The minimum Gasteiger partial charge on any atom is -0.398 e. The Kier molecular flexibility index (Phi) is 4.45. The molecule has 0 aromatic heterocycles. The summed E-state index contributed by atoms with van der Waals surface area (Å²) in [6.45, 7) is 0.543. The highest BCUT2D eigenvalue weighted by Gasteiger charge is 2.29. The van der Waals surface area contributed by atoms with Gasteiger partial charge in [-0.2, -0.15) is 0 Å². The molecule has 2 rings (SSSR count). The van der Waals surface area contributed by atoms with E-state index in [9.17, 15) is 8.42 Å². The van der Waals surface area contributed by atoms with Crippen molar-refractivity contribution in [2.45, 2.75) is 24.2 Å². The molecular formula is C12H16BrClN2O2S. The van der Waals surface area contributed by atoms with Crippen LogP contribution in [0, 0.1) is 5.92 Å². The van der Waals surface area contributed by atoms with E-state index in [4.69, 9.17) is 17.3 Å². The molecule has 0 heterocycles. The molecule has 2 N–H and O–H groups in total. The Balaban J connectivity index is 2.32. The lowest BCUT2D eigenvalue weighted by Crippen LogP contribution is -2.34. The Labute approximate surface area is 127 Å². The molecule has 7 heteroatoms. The maximum atomic E-state index is 12.5. The van der Waals surface area contributed by atoms with Crippen molar-refractivity contribution in [1.29, 1.82) is 0 Å². The van der Waals surface area contributed by atoms with Crippen LogP contribution in [0.5, 0.6) is 0 Å². The van der Waals surface area contributed by atoms with Gasteiger partial charge in [0.05, 0.1) is 9.37 Å². The minimum atomic E-state index is -3.56. The number of hydrogen-bond acceptors (Lipinski definition) is 3. The van der Waals surface area contributed by atoms with E-state index in [2.05, 4.69) is 15.9 Å². The molecule has 1 aliphatic rings. The van der Waals surface area contributed by atoms with E-state index in [0.29, 0.717) is 27.6 Å². The fraction of sp³-hybridized carbons (Fsp3) is 0.500. The molecule has 1 aromatic carbocycles. The van der Waals surface area contributed by atoms with Crippen molar-refractivity contribution < 1.29 is 8.42 Å². The van der Waals surface area contributed by atoms with Crippen molar-refractivity contribution in [3.63, 3.8) is 0 Å². The second-order valence-corrected chi connectivity index (χ2v) is 8.13. The third-order valence-electron chi connectivity index (χ3n) is 3.46. The van der Waals surface area contributed by atoms with Gasteiger partial charge in [0.1, 0.15) is 0 Å². The first kappa shape index (κ1) is 15.1. The molecule has 0 spiro atoms. The van der Waals surface area contributed by atoms with Gasteiger partial charge in [0.25, 0.3) is 0 Å². The lowest BCUT2D eigenvalue weighted by Gasteiger charge is -2.29. The summed E-state index contributed by atoms with van der Waals surface area (Å²) >= 11 is 9.12. The van der Waals surface area contributed by atoms with Gasteiger partial charge in [0.15, 0.2) is 0 Å². The van der Waals surface area contributed by atoms with E-state index in [-0.39, 0.29) is 4.90 Å². The van der Waals surface area contributed by atoms with Crippen molar-refractivity contribution in [3.8, 4) is 0 Å². The fourth-order valence-electron chi connectivity index (χ4n) is 2.08. The second kappa shape index (κ2) is 5.60. The number of halogens is 2. The molecule has 0 unspecified atom stereocenters. The van der Waals surface area contributed by atoms with Crippen LogP contribution in [-0.2, 0) is 10.0 Å². The summed E-state index contributed by atoms with van der Waals surface area (Å²) in [7, 11) is -1.97. The van der Waals surface area contributed by atoms with E-state index in [0.717, 1.165) is 12.8 Å². The molecule has 0 saturated heterocycles. The van der Waals surface area contributed by atoms with Crippen molar-refractivity contribution in [2.75, 3.05) is 19.3 Å². The van der Waals surface area contributed by atoms with Crippen LogP contribution in [0.25, 0.3) is 0 Å². The van der Waals surface area contributed by atoms with E-state index in [1.165, 1.54) is 22.9 Å². The largest absolute Gasteiger partial charge is 0.398 e. The summed E-state index contributed by atoms with van der Waals surface area (Å²) in [5.74, 6) is 0.468. The minimum absolute atomic E-state index is 0.124. The molecule has 1 fully saturated rings. The van der Waals surface area contributed by atoms with Gasteiger partial charge in [-0.3, -0.25) is 0 Å². The van der Waals surface area contributed by atoms with Crippen molar-refractivity contribution in [1.82, 2.24) is 4.31 Å². The normalized spacial score (nSPS) is 16.6. The molecule has 1 aliphatic carbocycles. The Hall–Kier alpha value is -0.300. The number of hydrogen-bond donors (Lipinski definition) is 1. The Morgan fingerprint density at radius 2 is 2.11 bits per heavy atom. The van der Waals surface area contributed by atoms with Crippen molar-refractivity contribution in [2.24, 2.45) is 5.92 Å². The van der Waals surface area contributed by atoms with Gasteiger partial charge in [-0.05, 0) is 46.8 Å². The average molecular weight is 368 g/mol. The van der Waals surface area contributed by atoms with E-state index >= 15 is 0 Å². The number of rotatable bonds is 4. The Bertz CT molecular complexity index is 588. The molecule has 19 heavy (non-hydrogen) atoms. The predicted octanol–water partition coefficient (Wildman–Crippen LogP) is 3.11. The zero-order valence-corrected chi connectivity index (χ0v) is 13.7. The molecule has 0 radical (unpaired) electrons. The molecule has 106 valence electrons. The van der Waals surface area contributed by atoms with Gasteiger partial charge in [0, 0.05) is 24.3 Å². The van der Waals surface area contributed by atoms with Crippen LogP contribution >= 0.6 is 27.5 Å². The van der Waals surface area contributed by atoms with E-state index in [1.807, 2.05) is 0 Å². The predicted molar refractivity (Wildman–Crippen MR) is 80.7 cm³/mol. The van der Waals surface area contributed by atoms with Gasteiger partial charge in [-0.15, -0.1) is 0 Å². The molecule has 0 bridgehead atoms. The number of nitrogens with two attached hydrogens (primary N) is 1. The van der Waals surface area contributed by atoms with Crippen molar-refractivity contribution in [3.05, 3.63) is 21.6 Å². The highest BCUT2D eigenvalue weighted by molar-refractivity contribution is 9.10. The summed E-state index contributed by atoms with van der Waals surface area (Å²) in [6, 6.07) is 2.95. The highest BCUT2D eigenvalue weighted by atomic mass is 79.9. The average Bonchev–Trinajstić information content (AvgIpc) is 2.27. The zero-order valence-electron chi connectivity index (χ0n) is 10.6. The number of sulfonamides is 1. The van der Waals surface area contributed by atoms with Gasteiger partial charge in [-0.25, -0.2) is 12.7 Å². The molecule has 1 aromatic rings. The third-order valence-corrected chi connectivity index (χ3v) is 6.67. The van der Waals surface area contributed by atoms with E-state index in [1.54, 1.807) is 7.05 Å². The monoisotopic (exact) mass is 366 g/mol. The number of benzene rings is 1. The molecular weight excluding hydrogens is 352 g/mol. The summed E-state index contributed by atoms with van der Waals surface area (Å²) in [6.07, 6.45) is 3.38. The van der Waals surface area contributed by atoms with Gasteiger partial charge in [-0.1, -0.05) is 18.0 Å². The van der Waals surface area contributed by atoms with Crippen LogP contribution in [0.15, 0.2) is 21.5 Å². The SMILES string of the molecule is CN(CC1CCC1)S(=O)(=O)c1cc(Cl)cc(N)c1Br. The van der Waals surface area contributed by atoms with Crippen LogP contribution in [-0.4, -0.2) is 26.3 Å². The Morgan fingerprint density at radius 1 is 1.47 bits per heavy atom. The van der Waals surface area contributed by atoms with Crippen LogP contribution in [0.2, 0.25) is 5.02 Å². The smallest absolute Gasteiger partial charge is 0.244 e. The van der Waals surface area contributed by atoms with E-state index < -0.39 is 10.0 Å². The lowest BCUT2D eigenvalue weighted by atomic mass is 9.86. The standard InChI is InChI=1S/C12H16BrClN2O2S/c1-16(7-8-3-2-4-8)19(17,18)11-6-9(14)5-10(15)12(11)13/h5-6,8H,2-4,7,15H2,1H3. The summed E-state index contributed by atoms with van der Waals surface area (Å²) in [5, 5.41) is 0.316. The number of anilines is 1. The lowest BCUT2D eigenvalue weighted by molar-refractivity contribution is 0.263. The van der Waals surface area contributed by atoms with Gasteiger partial charge in [0.2, 0.25) is 10.0 Å². The molecule has 0 amide bonds. The first-order valence-electron chi connectivity index (χ1n) is 6.03. The molecule has 1 saturated carbocycles. The number of nitrogens with zero attached hydrogens (tertiary/aromatic N) is 1. The fourth-order valence-corrected chi connectivity index (χ4v) is 4.57. The first-order valence-corrected chi connectivity index (χ1v) is 8.64. The van der Waals surface area contributed by atoms with Crippen LogP contribution in [0.3, 0.4) is 0 Å². The molecule has 0 atom stereocenters. The van der Waals surface area contributed by atoms with Gasteiger partial charge >= 0.3 is 0 Å². The molecule has 0 aliphatic heterocycles. The maximum absolute atomic E-state index is 12.5. The van der Waals surface area contributed by atoms with Crippen molar-refractivity contribution >= 4 is 43.2 Å². The third kappa shape index (κ3) is 3.07. The molecule has 4 nitrogen and oxygen atoms in total. The highest BCUT2D eigenvalue weighted by Crippen LogP contribution is 2.34. The quantitative estimate of drug-likeness (QED) is 0.832. The van der Waals surface area contributed by atoms with Crippen LogP contribution < -0.4 is 5.73 Å². The summed E-state index contributed by atoms with van der Waals surface area (Å²) in [4.78, 5) is 0.124. The first-order chi connectivity index (χ1) is 8.82. The van der Waals surface area contributed by atoms with Crippen LogP contribution in [0.1, 0.15) is 19.3 Å². The van der Waals surface area contributed by atoms with Gasteiger partial charge < -0.3 is 5.73 Å².